The lowest BCUT2D eigenvalue weighted by Gasteiger charge is -2.04. The van der Waals surface area contributed by atoms with Gasteiger partial charge in [0.15, 0.2) is 0 Å². The zero-order valence-electron chi connectivity index (χ0n) is 8.74. The Balaban J connectivity index is 2.04. The van der Waals surface area contributed by atoms with Gasteiger partial charge >= 0.3 is 0 Å². The van der Waals surface area contributed by atoms with Gasteiger partial charge in [0, 0.05) is 31.9 Å². The second-order valence-electron chi connectivity index (χ2n) is 3.32. The Kier molecular flexibility index (Phi) is 3.89. The number of nitrogens with two attached hydrogens (primary N) is 1. The average molecular weight is 315 g/mol. The second-order valence-corrected chi connectivity index (χ2v) is 6.57. The van der Waals surface area contributed by atoms with Gasteiger partial charge in [-0.3, -0.25) is 0 Å². The molecule has 0 spiro atoms. The predicted molar refractivity (Wildman–Crippen MR) is 75.0 cm³/mol. The molecule has 1 aromatic carbocycles. The molecule has 0 unspecified atom stereocenters. The van der Waals surface area contributed by atoms with Crippen molar-refractivity contribution in [3.05, 3.63) is 38.8 Å². The summed E-state index contributed by atoms with van der Waals surface area (Å²) in [5.74, 6) is 0.928. The van der Waals surface area contributed by atoms with Gasteiger partial charge in [0.2, 0.25) is 0 Å². The van der Waals surface area contributed by atoms with Gasteiger partial charge in [0.05, 0.1) is 5.01 Å². The van der Waals surface area contributed by atoms with E-state index in [0.717, 1.165) is 25.8 Å². The first-order valence-electron chi connectivity index (χ1n) is 4.74. The van der Waals surface area contributed by atoms with E-state index in [1.807, 2.05) is 31.3 Å². The molecule has 0 bridgehead atoms. The molecule has 0 fully saturated rings. The molecule has 16 heavy (non-hydrogen) atoms. The van der Waals surface area contributed by atoms with Crippen LogP contribution in [0.15, 0.2) is 33.8 Å². The molecule has 0 aliphatic heterocycles. The number of aromatic nitrogens is 1. The third-order valence-electron chi connectivity index (χ3n) is 2.01. The molecule has 0 saturated carbocycles. The van der Waals surface area contributed by atoms with Gasteiger partial charge in [-0.1, -0.05) is 15.9 Å². The monoisotopic (exact) mass is 314 g/mol. The maximum Gasteiger partial charge on any atom is 0.0897 e. The summed E-state index contributed by atoms with van der Waals surface area (Å²) in [7, 11) is 0. The molecule has 0 radical (unpaired) electrons. The van der Waals surface area contributed by atoms with E-state index in [9.17, 15) is 0 Å². The first kappa shape index (κ1) is 12.0. The summed E-state index contributed by atoms with van der Waals surface area (Å²) in [6, 6.07) is 5.98. The number of thioether (sulfide) groups is 1. The number of hydrogen-bond acceptors (Lipinski definition) is 4. The van der Waals surface area contributed by atoms with Crippen LogP contribution in [0.5, 0.6) is 0 Å². The van der Waals surface area contributed by atoms with Crippen molar-refractivity contribution >= 4 is 44.7 Å². The van der Waals surface area contributed by atoms with Crippen molar-refractivity contribution in [1.82, 2.24) is 4.98 Å². The summed E-state index contributed by atoms with van der Waals surface area (Å²) in [6.45, 7) is 2.02. The van der Waals surface area contributed by atoms with Crippen molar-refractivity contribution in [3.8, 4) is 0 Å². The van der Waals surface area contributed by atoms with Gasteiger partial charge in [0.1, 0.15) is 0 Å². The van der Waals surface area contributed by atoms with Crippen LogP contribution in [0.4, 0.5) is 5.69 Å². The van der Waals surface area contributed by atoms with Gasteiger partial charge in [0.25, 0.3) is 0 Å². The topological polar surface area (TPSA) is 38.9 Å². The highest BCUT2D eigenvalue weighted by Crippen LogP contribution is 2.31. The van der Waals surface area contributed by atoms with Crippen molar-refractivity contribution in [2.24, 2.45) is 0 Å². The number of rotatable bonds is 3. The van der Waals surface area contributed by atoms with E-state index < -0.39 is 0 Å². The van der Waals surface area contributed by atoms with Crippen LogP contribution < -0.4 is 5.73 Å². The molecular weight excluding hydrogens is 304 g/mol. The predicted octanol–water partition coefficient (Wildman–Crippen LogP) is 4.09. The number of halogens is 1. The minimum Gasteiger partial charge on any atom is -0.398 e. The molecule has 0 atom stereocenters. The number of hydrogen-bond donors (Lipinski definition) is 1. The Bertz CT molecular complexity index is 496. The Morgan fingerprint density at radius 2 is 2.31 bits per heavy atom. The van der Waals surface area contributed by atoms with Crippen LogP contribution in [-0.2, 0) is 5.75 Å². The van der Waals surface area contributed by atoms with E-state index in [-0.39, 0.29) is 0 Å². The van der Waals surface area contributed by atoms with Crippen molar-refractivity contribution in [2.75, 3.05) is 5.73 Å². The number of anilines is 1. The molecule has 0 aliphatic carbocycles. The first-order valence-corrected chi connectivity index (χ1v) is 7.34. The molecular formula is C11H11BrN2S2. The molecule has 84 valence electrons. The Labute approximate surface area is 111 Å². The number of thiazole rings is 1. The lowest BCUT2D eigenvalue weighted by molar-refractivity contribution is 1.28. The van der Waals surface area contributed by atoms with Crippen LogP contribution in [0.1, 0.15) is 9.88 Å². The van der Waals surface area contributed by atoms with Crippen molar-refractivity contribution in [2.45, 2.75) is 17.6 Å². The van der Waals surface area contributed by atoms with E-state index >= 15 is 0 Å². The molecule has 0 amide bonds. The van der Waals surface area contributed by atoms with Gasteiger partial charge in [-0.25, -0.2) is 4.98 Å². The van der Waals surface area contributed by atoms with Crippen LogP contribution in [0.3, 0.4) is 0 Å². The van der Waals surface area contributed by atoms with E-state index in [2.05, 4.69) is 20.9 Å². The maximum absolute atomic E-state index is 5.93. The summed E-state index contributed by atoms with van der Waals surface area (Å²) in [6.07, 6.45) is 1.93. The summed E-state index contributed by atoms with van der Waals surface area (Å²) in [4.78, 5) is 6.63. The van der Waals surface area contributed by atoms with E-state index in [1.165, 1.54) is 4.88 Å². The van der Waals surface area contributed by atoms with Crippen molar-refractivity contribution in [3.63, 3.8) is 0 Å². The van der Waals surface area contributed by atoms with Gasteiger partial charge in [-0.2, -0.15) is 0 Å². The number of nitrogen functional groups attached to an aromatic ring is 1. The molecule has 2 rings (SSSR count). The highest BCUT2D eigenvalue weighted by molar-refractivity contribution is 9.10. The van der Waals surface area contributed by atoms with Gasteiger partial charge in [-0.05, 0) is 25.1 Å². The number of aryl methyl sites for hydroxylation is 1. The summed E-state index contributed by atoms with van der Waals surface area (Å²) in [5, 5.41) is 1.11. The fourth-order valence-electron chi connectivity index (χ4n) is 1.27. The minimum atomic E-state index is 0.820. The summed E-state index contributed by atoms with van der Waals surface area (Å²) < 4.78 is 1.02. The Morgan fingerprint density at radius 1 is 1.50 bits per heavy atom. The SMILES string of the molecule is Cc1ncc(CSc2ccc(Br)cc2N)s1. The smallest absolute Gasteiger partial charge is 0.0897 e. The standard InChI is InChI=1S/C11H11BrN2S2/c1-7-14-5-9(16-7)6-15-11-3-2-8(12)4-10(11)13/h2-5H,6,13H2,1H3. The van der Waals surface area contributed by atoms with E-state index in [1.54, 1.807) is 23.1 Å². The lowest BCUT2D eigenvalue weighted by Crippen LogP contribution is -1.88. The lowest BCUT2D eigenvalue weighted by atomic mass is 10.3. The first-order chi connectivity index (χ1) is 7.65. The molecule has 5 heteroatoms. The third kappa shape index (κ3) is 2.99. The largest absolute Gasteiger partial charge is 0.398 e. The molecule has 0 saturated heterocycles. The normalized spacial score (nSPS) is 10.6. The highest BCUT2D eigenvalue weighted by Gasteiger charge is 2.03. The Hall–Kier alpha value is -0.520. The molecule has 1 aromatic heterocycles. The number of nitrogens with zero attached hydrogens (tertiary/aromatic N) is 1. The average Bonchev–Trinajstić information content (AvgIpc) is 2.63. The zero-order chi connectivity index (χ0) is 11.5. The summed E-state index contributed by atoms with van der Waals surface area (Å²) in [5.41, 5.74) is 6.75. The minimum absolute atomic E-state index is 0.820. The number of benzene rings is 1. The quantitative estimate of drug-likeness (QED) is 0.685. The fraction of sp³-hybridized carbons (Fsp3) is 0.182. The Morgan fingerprint density at radius 3 is 2.94 bits per heavy atom. The van der Waals surface area contributed by atoms with E-state index in [0.29, 0.717) is 0 Å². The summed E-state index contributed by atoms with van der Waals surface area (Å²) >= 11 is 6.88. The molecule has 0 aliphatic rings. The molecule has 2 nitrogen and oxygen atoms in total. The molecule has 1 heterocycles. The maximum atomic E-state index is 5.93. The van der Waals surface area contributed by atoms with Crippen LogP contribution in [-0.4, -0.2) is 4.98 Å². The van der Waals surface area contributed by atoms with Crippen LogP contribution in [0, 0.1) is 6.92 Å². The van der Waals surface area contributed by atoms with E-state index in [4.69, 9.17) is 5.73 Å². The molecule has 2 aromatic rings. The van der Waals surface area contributed by atoms with Crippen LogP contribution >= 0.6 is 39.0 Å². The fourth-order valence-corrected chi connectivity index (χ4v) is 3.42. The zero-order valence-corrected chi connectivity index (χ0v) is 12.0. The van der Waals surface area contributed by atoms with Crippen molar-refractivity contribution < 1.29 is 0 Å². The third-order valence-corrected chi connectivity index (χ3v) is 4.74. The van der Waals surface area contributed by atoms with Crippen molar-refractivity contribution in [1.29, 1.82) is 0 Å². The van der Waals surface area contributed by atoms with Gasteiger partial charge in [-0.15, -0.1) is 23.1 Å². The second kappa shape index (κ2) is 5.21. The van der Waals surface area contributed by atoms with Crippen LogP contribution in [0.2, 0.25) is 0 Å². The molecule has 2 N–H and O–H groups in total. The van der Waals surface area contributed by atoms with Gasteiger partial charge < -0.3 is 5.73 Å². The highest BCUT2D eigenvalue weighted by atomic mass is 79.9. The van der Waals surface area contributed by atoms with Crippen LogP contribution in [0.25, 0.3) is 0 Å².